The van der Waals surface area contributed by atoms with E-state index in [0.29, 0.717) is 31.2 Å². The first-order chi connectivity index (χ1) is 9.69. The number of carbonyl (C=O) groups excluding carboxylic acids is 1. The second-order valence-corrected chi connectivity index (χ2v) is 4.46. The van der Waals surface area contributed by atoms with Crippen LogP contribution in [0.1, 0.15) is 17.9 Å². The first kappa shape index (κ1) is 14.0. The number of amides is 1. The van der Waals surface area contributed by atoms with Crippen molar-refractivity contribution in [1.29, 1.82) is 0 Å². The van der Waals surface area contributed by atoms with Crippen molar-refractivity contribution < 1.29 is 9.21 Å². The van der Waals surface area contributed by atoms with Crippen molar-refractivity contribution in [3.05, 3.63) is 48.4 Å². The summed E-state index contributed by atoms with van der Waals surface area (Å²) in [6, 6.07) is 7.84. The van der Waals surface area contributed by atoms with E-state index in [-0.39, 0.29) is 5.91 Å². The summed E-state index contributed by atoms with van der Waals surface area (Å²) in [7, 11) is 0. The molecule has 1 amide bonds. The Balaban J connectivity index is 1.94. The molecule has 0 saturated heterocycles. The highest BCUT2D eigenvalue weighted by Crippen LogP contribution is 2.18. The van der Waals surface area contributed by atoms with E-state index in [1.807, 2.05) is 31.2 Å². The van der Waals surface area contributed by atoms with E-state index in [2.05, 4.69) is 22.1 Å². The number of benzene rings is 1. The van der Waals surface area contributed by atoms with Crippen LogP contribution in [0.5, 0.6) is 0 Å². The average Bonchev–Trinajstić information content (AvgIpc) is 2.92. The molecule has 0 aliphatic carbocycles. The standard InChI is InChI=1S/C15H17N3O2/c1-3-10-16-13(19)8-9-14-17-18-15(20-14)12-6-4-11(2)5-7-12/h3-7H,1,8-10H2,2H3,(H,16,19). The van der Waals surface area contributed by atoms with Gasteiger partial charge in [0, 0.05) is 24.9 Å². The van der Waals surface area contributed by atoms with E-state index < -0.39 is 0 Å². The zero-order chi connectivity index (χ0) is 14.4. The minimum absolute atomic E-state index is 0.0556. The molecule has 1 aromatic carbocycles. The molecule has 2 rings (SSSR count). The SMILES string of the molecule is C=CCNC(=O)CCc1nnc(-c2ccc(C)cc2)o1. The summed E-state index contributed by atoms with van der Waals surface area (Å²) in [6.45, 7) is 6.03. The van der Waals surface area contributed by atoms with Gasteiger partial charge in [0.2, 0.25) is 17.7 Å². The Morgan fingerprint density at radius 2 is 2.10 bits per heavy atom. The van der Waals surface area contributed by atoms with Crippen LogP contribution < -0.4 is 5.32 Å². The predicted octanol–water partition coefficient (Wildman–Crippen LogP) is 2.28. The topological polar surface area (TPSA) is 68.0 Å². The van der Waals surface area contributed by atoms with Crippen molar-refractivity contribution in [2.24, 2.45) is 0 Å². The molecule has 20 heavy (non-hydrogen) atoms. The van der Waals surface area contributed by atoms with Crippen LogP contribution in [0.4, 0.5) is 0 Å². The molecule has 0 atom stereocenters. The van der Waals surface area contributed by atoms with Crippen molar-refractivity contribution in [3.63, 3.8) is 0 Å². The second-order valence-electron chi connectivity index (χ2n) is 4.46. The van der Waals surface area contributed by atoms with Crippen molar-refractivity contribution in [1.82, 2.24) is 15.5 Å². The van der Waals surface area contributed by atoms with Crippen LogP contribution in [0.15, 0.2) is 41.3 Å². The third-order valence-electron chi connectivity index (χ3n) is 2.77. The van der Waals surface area contributed by atoms with Gasteiger partial charge in [-0.2, -0.15) is 0 Å². The van der Waals surface area contributed by atoms with E-state index in [4.69, 9.17) is 4.42 Å². The molecule has 0 spiro atoms. The molecule has 1 aromatic heterocycles. The van der Waals surface area contributed by atoms with Gasteiger partial charge in [0.15, 0.2) is 0 Å². The van der Waals surface area contributed by atoms with Gasteiger partial charge in [-0.1, -0.05) is 23.8 Å². The van der Waals surface area contributed by atoms with Crippen molar-refractivity contribution >= 4 is 5.91 Å². The molecule has 5 nitrogen and oxygen atoms in total. The quantitative estimate of drug-likeness (QED) is 0.818. The summed E-state index contributed by atoms with van der Waals surface area (Å²) < 4.78 is 5.54. The number of carbonyl (C=O) groups is 1. The number of rotatable bonds is 6. The van der Waals surface area contributed by atoms with Gasteiger partial charge in [0.1, 0.15) is 0 Å². The van der Waals surface area contributed by atoms with Crippen LogP contribution in [0.3, 0.4) is 0 Å². The van der Waals surface area contributed by atoms with Gasteiger partial charge in [0.05, 0.1) is 0 Å². The number of nitrogens with zero attached hydrogens (tertiary/aromatic N) is 2. The largest absolute Gasteiger partial charge is 0.421 e. The van der Waals surface area contributed by atoms with E-state index in [1.54, 1.807) is 6.08 Å². The van der Waals surface area contributed by atoms with Crippen molar-refractivity contribution in [2.45, 2.75) is 19.8 Å². The molecule has 1 N–H and O–H groups in total. The third-order valence-corrected chi connectivity index (χ3v) is 2.77. The van der Waals surface area contributed by atoms with Gasteiger partial charge < -0.3 is 9.73 Å². The zero-order valence-electron chi connectivity index (χ0n) is 11.4. The fraction of sp³-hybridized carbons (Fsp3) is 0.267. The molecule has 0 unspecified atom stereocenters. The summed E-state index contributed by atoms with van der Waals surface area (Å²) >= 11 is 0. The Hall–Kier alpha value is -2.43. The van der Waals surface area contributed by atoms with Crippen molar-refractivity contribution in [3.8, 4) is 11.5 Å². The lowest BCUT2D eigenvalue weighted by Gasteiger charge is -1.99. The number of nitrogens with one attached hydrogen (secondary N) is 1. The first-order valence-corrected chi connectivity index (χ1v) is 6.46. The highest BCUT2D eigenvalue weighted by molar-refractivity contribution is 5.76. The van der Waals surface area contributed by atoms with Gasteiger partial charge in [-0.25, -0.2) is 0 Å². The van der Waals surface area contributed by atoms with Crippen LogP contribution in [0.2, 0.25) is 0 Å². The fourth-order valence-electron chi connectivity index (χ4n) is 1.66. The molecule has 1 heterocycles. The normalized spacial score (nSPS) is 10.2. The number of aryl methyl sites for hydroxylation is 2. The lowest BCUT2D eigenvalue weighted by Crippen LogP contribution is -2.23. The molecule has 0 fully saturated rings. The van der Waals surface area contributed by atoms with Crippen LogP contribution in [-0.4, -0.2) is 22.6 Å². The van der Waals surface area contributed by atoms with Crippen LogP contribution in [0, 0.1) is 6.92 Å². The van der Waals surface area contributed by atoms with Gasteiger partial charge in [-0.05, 0) is 19.1 Å². The molecule has 2 aromatic rings. The van der Waals surface area contributed by atoms with E-state index in [0.717, 1.165) is 5.56 Å². The molecular weight excluding hydrogens is 254 g/mol. The van der Waals surface area contributed by atoms with Gasteiger partial charge >= 0.3 is 0 Å². The molecular formula is C15H17N3O2. The van der Waals surface area contributed by atoms with Crippen molar-refractivity contribution in [2.75, 3.05) is 6.54 Å². The van der Waals surface area contributed by atoms with E-state index >= 15 is 0 Å². The molecule has 0 radical (unpaired) electrons. The van der Waals surface area contributed by atoms with Crippen LogP contribution >= 0.6 is 0 Å². The molecule has 104 valence electrons. The Morgan fingerprint density at radius 3 is 2.80 bits per heavy atom. The summed E-state index contributed by atoms with van der Waals surface area (Å²) in [5.74, 6) is 0.890. The summed E-state index contributed by atoms with van der Waals surface area (Å²) in [4.78, 5) is 11.4. The minimum atomic E-state index is -0.0556. The molecule has 5 heteroatoms. The Kier molecular flexibility index (Phi) is 4.65. The Morgan fingerprint density at radius 1 is 1.35 bits per heavy atom. The average molecular weight is 271 g/mol. The smallest absolute Gasteiger partial charge is 0.247 e. The lowest BCUT2D eigenvalue weighted by atomic mass is 10.1. The van der Waals surface area contributed by atoms with E-state index in [9.17, 15) is 4.79 Å². The van der Waals surface area contributed by atoms with Gasteiger partial charge in [-0.3, -0.25) is 4.79 Å². The third kappa shape index (κ3) is 3.78. The zero-order valence-corrected chi connectivity index (χ0v) is 11.4. The molecule has 0 saturated carbocycles. The maximum Gasteiger partial charge on any atom is 0.247 e. The van der Waals surface area contributed by atoms with Crippen LogP contribution in [-0.2, 0) is 11.2 Å². The van der Waals surface area contributed by atoms with E-state index in [1.165, 1.54) is 5.56 Å². The fourth-order valence-corrected chi connectivity index (χ4v) is 1.66. The molecule has 0 aliphatic rings. The monoisotopic (exact) mass is 271 g/mol. The highest BCUT2D eigenvalue weighted by Gasteiger charge is 2.10. The second kappa shape index (κ2) is 6.65. The lowest BCUT2D eigenvalue weighted by molar-refractivity contribution is -0.120. The Labute approximate surface area is 117 Å². The Bertz CT molecular complexity index is 587. The summed E-state index contributed by atoms with van der Waals surface area (Å²) in [6.07, 6.45) is 2.39. The minimum Gasteiger partial charge on any atom is -0.421 e. The number of aromatic nitrogens is 2. The number of hydrogen-bond acceptors (Lipinski definition) is 4. The summed E-state index contributed by atoms with van der Waals surface area (Å²) in [5.41, 5.74) is 2.05. The van der Waals surface area contributed by atoms with Gasteiger partial charge in [0.25, 0.3) is 0 Å². The molecule has 0 bridgehead atoms. The number of hydrogen-bond donors (Lipinski definition) is 1. The maximum atomic E-state index is 11.4. The van der Waals surface area contributed by atoms with Crippen LogP contribution in [0.25, 0.3) is 11.5 Å². The maximum absolute atomic E-state index is 11.4. The predicted molar refractivity (Wildman–Crippen MR) is 76.0 cm³/mol. The summed E-state index contributed by atoms with van der Waals surface area (Å²) in [5, 5.41) is 10.6. The first-order valence-electron chi connectivity index (χ1n) is 6.46. The molecule has 0 aliphatic heterocycles. The van der Waals surface area contributed by atoms with Gasteiger partial charge in [-0.15, -0.1) is 16.8 Å². The highest BCUT2D eigenvalue weighted by atomic mass is 16.4.